The molecular formula is C24H28N2O4S. The summed E-state index contributed by atoms with van der Waals surface area (Å²) in [6, 6.07) is 11.3. The van der Waals surface area contributed by atoms with Gasteiger partial charge in [0.2, 0.25) is 5.75 Å². The number of ether oxygens (including phenoxy) is 1. The van der Waals surface area contributed by atoms with Crippen molar-refractivity contribution in [3.05, 3.63) is 63.2 Å². The first-order valence-electron chi connectivity index (χ1n) is 10.7. The van der Waals surface area contributed by atoms with Gasteiger partial charge >= 0.3 is 5.69 Å². The normalized spacial score (nSPS) is 23.8. The second kappa shape index (κ2) is 8.63. The van der Waals surface area contributed by atoms with Crippen molar-refractivity contribution in [1.29, 1.82) is 0 Å². The fourth-order valence-electron chi connectivity index (χ4n) is 4.56. The predicted molar refractivity (Wildman–Crippen MR) is 122 cm³/mol. The van der Waals surface area contributed by atoms with Gasteiger partial charge in [0, 0.05) is 24.1 Å². The molecule has 4 rings (SSSR count). The Morgan fingerprint density at radius 3 is 2.65 bits per heavy atom. The molecule has 0 radical (unpaired) electrons. The zero-order chi connectivity index (χ0) is 22.2. The molecule has 1 fully saturated rings. The van der Waals surface area contributed by atoms with Gasteiger partial charge in [-0.05, 0) is 62.9 Å². The molecule has 2 aliphatic heterocycles. The number of ketones is 1. The first kappa shape index (κ1) is 21.8. The minimum atomic E-state index is -0.846. The molecule has 31 heavy (non-hydrogen) atoms. The van der Waals surface area contributed by atoms with Gasteiger partial charge < -0.3 is 9.64 Å². The van der Waals surface area contributed by atoms with Crippen molar-refractivity contribution in [3.8, 4) is 5.75 Å². The van der Waals surface area contributed by atoms with Gasteiger partial charge in [-0.1, -0.05) is 24.6 Å². The highest BCUT2D eigenvalue weighted by Crippen LogP contribution is 2.45. The molecule has 0 saturated carbocycles. The lowest BCUT2D eigenvalue weighted by atomic mass is 9.90. The van der Waals surface area contributed by atoms with Crippen molar-refractivity contribution in [1.82, 2.24) is 4.90 Å². The number of aryl methyl sites for hydroxylation is 2. The number of likely N-dealkylation sites (tertiary alicyclic amines) is 1. The molecule has 164 valence electrons. The van der Waals surface area contributed by atoms with E-state index in [1.807, 2.05) is 31.2 Å². The van der Waals surface area contributed by atoms with E-state index in [0.717, 1.165) is 30.0 Å². The highest BCUT2D eigenvalue weighted by Gasteiger charge is 2.48. The van der Waals surface area contributed by atoms with Crippen molar-refractivity contribution < 1.29 is 14.5 Å². The van der Waals surface area contributed by atoms with Gasteiger partial charge in [-0.2, -0.15) is 0 Å². The second-order valence-corrected chi connectivity index (χ2v) is 10.4. The number of carbonyl (C=O) groups is 1. The monoisotopic (exact) mass is 440 g/mol. The smallest absolute Gasteiger partial charge is 0.311 e. The average Bonchev–Trinajstić information content (AvgIpc) is 2.72. The molecule has 6 nitrogen and oxygen atoms in total. The highest BCUT2D eigenvalue weighted by molar-refractivity contribution is 8.01. The van der Waals surface area contributed by atoms with Gasteiger partial charge in [0.1, 0.15) is 11.4 Å². The summed E-state index contributed by atoms with van der Waals surface area (Å²) in [5.74, 6) is 0.613. The standard InChI is InChI=1S/C24H28N2O4S/c1-16-6-8-19(9-7-16)31-24(14-25-10-4-5-17(2)13-25)15-30-22-20(23(24)27)11-18(3)12-21(22)26(28)29/h6-9,11-12,17H,4-5,10,13-15H2,1-3H3. The van der Waals surface area contributed by atoms with Crippen LogP contribution in [-0.2, 0) is 0 Å². The van der Waals surface area contributed by atoms with E-state index < -0.39 is 9.67 Å². The van der Waals surface area contributed by atoms with Gasteiger partial charge in [0.25, 0.3) is 0 Å². The Hall–Kier alpha value is -2.38. The SMILES string of the molecule is Cc1ccc(SC2(CN3CCCC(C)C3)COc3c(cc(C)cc3[N+](=O)[O-])C2=O)cc1. The number of piperidine rings is 1. The summed E-state index contributed by atoms with van der Waals surface area (Å²) in [6.07, 6.45) is 2.32. The van der Waals surface area contributed by atoms with Crippen LogP contribution in [0.15, 0.2) is 41.3 Å². The topological polar surface area (TPSA) is 72.7 Å². The lowest BCUT2D eigenvalue weighted by Crippen LogP contribution is -2.54. The summed E-state index contributed by atoms with van der Waals surface area (Å²) in [7, 11) is 0. The zero-order valence-electron chi connectivity index (χ0n) is 18.2. The van der Waals surface area contributed by atoms with Crippen LogP contribution in [0.5, 0.6) is 5.75 Å². The number of Topliss-reactive ketones (excluding diaryl/α,β-unsaturated/α-hetero) is 1. The Kier molecular flexibility index (Phi) is 6.08. The molecule has 0 amide bonds. The molecule has 0 spiro atoms. The third-order valence-electron chi connectivity index (χ3n) is 6.07. The van der Waals surface area contributed by atoms with Crippen LogP contribution in [0.3, 0.4) is 0 Å². The second-order valence-electron chi connectivity index (χ2n) is 8.93. The Labute approximate surface area is 187 Å². The Morgan fingerprint density at radius 1 is 1.23 bits per heavy atom. The molecular weight excluding hydrogens is 412 g/mol. The number of nitro groups is 1. The number of hydrogen-bond donors (Lipinski definition) is 0. The largest absolute Gasteiger partial charge is 0.484 e. The van der Waals surface area contributed by atoms with Gasteiger partial charge in [-0.3, -0.25) is 14.9 Å². The highest BCUT2D eigenvalue weighted by atomic mass is 32.2. The van der Waals surface area contributed by atoms with Crippen molar-refractivity contribution in [2.24, 2.45) is 5.92 Å². The molecule has 1 saturated heterocycles. The van der Waals surface area contributed by atoms with Crippen LogP contribution >= 0.6 is 11.8 Å². The maximum absolute atomic E-state index is 13.9. The van der Waals surface area contributed by atoms with Gasteiger partial charge in [-0.15, -0.1) is 11.8 Å². The van der Waals surface area contributed by atoms with Crippen LogP contribution in [0, 0.1) is 29.9 Å². The summed E-state index contributed by atoms with van der Waals surface area (Å²) in [5, 5.41) is 11.6. The van der Waals surface area contributed by atoms with Crippen molar-refractivity contribution in [2.75, 3.05) is 26.2 Å². The van der Waals surface area contributed by atoms with E-state index >= 15 is 0 Å². The molecule has 7 heteroatoms. The molecule has 0 N–H and O–H groups in total. The maximum atomic E-state index is 13.9. The number of hydrogen-bond acceptors (Lipinski definition) is 6. The summed E-state index contributed by atoms with van der Waals surface area (Å²) in [4.78, 5) is 28.4. The number of thioether (sulfide) groups is 1. The number of nitro benzene ring substituents is 1. The van der Waals surface area contributed by atoms with E-state index in [4.69, 9.17) is 4.74 Å². The summed E-state index contributed by atoms with van der Waals surface area (Å²) < 4.78 is 5.17. The van der Waals surface area contributed by atoms with E-state index in [-0.39, 0.29) is 23.8 Å². The molecule has 2 unspecified atom stereocenters. The van der Waals surface area contributed by atoms with Crippen molar-refractivity contribution in [2.45, 2.75) is 43.3 Å². The number of fused-ring (bicyclic) bond motifs is 1. The quantitative estimate of drug-likeness (QED) is 0.479. The molecule has 0 bridgehead atoms. The minimum Gasteiger partial charge on any atom is -0.484 e. The number of rotatable bonds is 5. The molecule has 2 heterocycles. The van der Waals surface area contributed by atoms with Crippen LogP contribution in [0.25, 0.3) is 0 Å². The Morgan fingerprint density at radius 2 is 1.97 bits per heavy atom. The third kappa shape index (κ3) is 4.48. The van der Waals surface area contributed by atoms with E-state index in [2.05, 4.69) is 11.8 Å². The molecule has 0 aliphatic carbocycles. The van der Waals surface area contributed by atoms with E-state index in [9.17, 15) is 14.9 Å². The Bertz CT molecular complexity index is 1010. The first-order valence-corrected chi connectivity index (χ1v) is 11.5. The molecule has 2 aromatic carbocycles. The lowest BCUT2D eigenvalue weighted by molar-refractivity contribution is -0.386. The molecule has 2 aromatic rings. The Balaban J connectivity index is 1.74. The molecule has 2 aliphatic rings. The van der Waals surface area contributed by atoms with Crippen LogP contribution in [-0.4, -0.2) is 46.6 Å². The fraction of sp³-hybridized carbons (Fsp3) is 0.458. The van der Waals surface area contributed by atoms with Crippen molar-refractivity contribution in [3.63, 3.8) is 0 Å². The van der Waals surface area contributed by atoms with Crippen molar-refractivity contribution >= 4 is 23.2 Å². The summed E-state index contributed by atoms with van der Waals surface area (Å²) in [6.45, 7) is 8.64. The lowest BCUT2D eigenvalue weighted by Gasteiger charge is -2.41. The van der Waals surface area contributed by atoms with Gasteiger partial charge in [-0.25, -0.2) is 0 Å². The van der Waals surface area contributed by atoms with Crippen LogP contribution in [0.2, 0.25) is 0 Å². The van der Waals surface area contributed by atoms with Gasteiger partial charge in [0.15, 0.2) is 5.78 Å². The predicted octanol–water partition coefficient (Wildman–Crippen LogP) is 5.05. The molecule has 0 aromatic heterocycles. The van der Waals surface area contributed by atoms with E-state index in [1.54, 1.807) is 13.0 Å². The number of carbonyl (C=O) groups excluding carboxylic acids is 1. The van der Waals surface area contributed by atoms with Crippen LogP contribution in [0.4, 0.5) is 5.69 Å². The molecule has 2 atom stereocenters. The minimum absolute atomic E-state index is 0.0793. The van der Waals surface area contributed by atoms with Crippen LogP contribution in [0.1, 0.15) is 41.3 Å². The summed E-state index contributed by atoms with van der Waals surface area (Å²) >= 11 is 1.52. The van der Waals surface area contributed by atoms with Gasteiger partial charge in [0.05, 0.1) is 10.5 Å². The van der Waals surface area contributed by atoms with E-state index in [0.29, 0.717) is 23.6 Å². The number of nitrogens with zero attached hydrogens (tertiary/aromatic N) is 2. The fourth-order valence-corrected chi connectivity index (χ4v) is 5.85. The average molecular weight is 441 g/mol. The number of benzene rings is 2. The van der Waals surface area contributed by atoms with E-state index in [1.165, 1.54) is 24.2 Å². The summed E-state index contributed by atoms with van der Waals surface area (Å²) in [5.41, 5.74) is 2.03. The first-order chi connectivity index (χ1) is 14.8. The maximum Gasteiger partial charge on any atom is 0.311 e. The zero-order valence-corrected chi connectivity index (χ0v) is 19.0. The van der Waals surface area contributed by atoms with Crippen LogP contribution < -0.4 is 4.74 Å². The third-order valence-corrected chi connectivity index (χ3v) is 7.40.